The number of nitrogens with zero attached hydrogens (tertiary/aromatic N) is 5. The molecule has 0 aliphatic carbocycles. The van der Waals surface area contributed by atoms with Crippen LogP contribution in [0.5, 0.6) is 0 Å². The molecule has 0 N–H and O–H groups in total. The van der Waals surface area contributed by atoms with Gasteiger partial charge in [0.25, 0.3) is 0 Å². The third-order valence-electron chi connectivity index (χ3n) is 7.49. The number of amides is 1. The average molecular weight is 532 g/mol. The van der Waals surface area contributed by atoms with Crippen LogP contribution in [-0.2, 0) is 20.8 Å². The number of ether oxygens (including phenoxy) is 2. The molecule has 6 rings (SSSR count). The number of carbonyl (C=O) groups is 1. The van der Waals surface area contributed by atoms with Gasteiger partial charge in [0, 0.05) is 50.0 Å². The maximum absolute atomic E-state index is 12.7. The van der Waals surface area contributed by atoms with E-state index < -0.39 is 5.79 Å². The van der Waals surface area contributed by atoms with Crippen molar-refractivity contribution in [1.29, 1.82) is 0 Å². The number of unbranched alkanes of at least 4 members (excludes halogenated alkanes) is 1. The van der Waals surface area contributed by atoms with Crippen molar-refractivity contribution in [1.82, 2.24) is 24.6 Å². The molecule has 4 aromatic rings. The van der Waals surface area contributed by atoms with E-state index in [4.69, 9.17) is 14.5 Å². The van der Waals surface area contributed by atoms with E-state index in [0.29, 0.717) is 37.9 Å². The molecular formula is C29H33N5O3S. The summed E-state index contributed by atoms with van der Waals surface area (Å²) in [5, 5.41) is 10.8. The Morgan fingerprint density at radius 1 is 1.03 bits per heavy atom. The molecule has 4 heterocycles. The first-order valence-electron chi connectivity index (χ1n) is 13.5. The standard InChI is InChI=1S/C29H33N5O3S/c1-21-10-11-24-23(19-21)26-27(34(24)20-22-7-3-2-4-8-22)30-28(32-31-26)38-18-6-5-9-25(35)33-14-12-29(13-15-33)36-16-17-37-29/h2-4,7-8,10-11,19H,5-6,9,12-18,20H2,1H3. The lowest BCUT2D eigenvalue weighted by Crippen LogP contribution is -2.47. The maximum atomic E-state index is 12.7. The summed E-state index contributed by atoms with van der Waals surface area (Å²) in [5.74, 6) is 0.639. The molecule has 2 aromatic heterocycles. The van der Waals surface area contributed by atoms with Crippen LogP contribution in [0.25, 0.3) is 22.1 Å². The van der Waals surface area contributed by atoms with Gasteiger partial charge in [-0.2, -0.15) is 0 Å². The molecule has 0 saturated carbocycles. The topological polar surface area (TPSA) is 82.4 Å². The summed E-state index contributed by atoms with van der Waals surface area (Å²) in [6, 6.07) is 16.9. The van der Waals surface area contributed by atoms with Gasteiger partial charge in [-0.25, -0.2) is 4.98 Å². The first-order valence-corrected chi connectivity index (χ1v) is 14.4. The van der Waals surface area contributed by atoms with Gasteiger partial charge in [0.1, 0.15) is 5.52 Å². The summed E-state index contributed by atoms with van der Waals surface area (Å²) in [6.07, 6.45) is 3.87. The lowest BCUT2D eigenvalue weighted by molar-refractivity contribution is -0.187. The Morgan fingerprint density at radius 3 is 2.61 bits per heavy atom. The Kier molecular flexibility index (Phi) is 7.32. The fourth-order valence-electron chi connectivity index (χ4n) is 5.42. The molecule has 2 aromatic carbocycles. The van der Waals surface area contributed by atoms with Crippen LogP contribution in [0.1, 0.15) is 43.2 Å². The van der Waals surface area contributed by atoms with Crippen LogP contribution < -0.4 is 0 Å². The molecule has 2 fully saturated rings. The van der Waals surface area contributed by atoms with Crippen molar-refractivity contribution in [2.75, 3.05) is 32.1 Å². The zero-order valence-electron chi connectivity index (χ0n) is 21.8. The zero-order valence-corrected chi connectivity index (χ0v) is 22.6. The van der Waals surface area contributed by atoms with Gasteiger partial charge in [0.05, 0.1) is 18.7 Å². The number of hydrogen-bond donors (Lipinski definition) is 0. The van der Waals surface area contributed by atoms with Crippen molar-refractivity contribution in [2.24, 2.45) is 0 Å². The second-order valence-electron chi connectivity index (χ2n) is 10.2. The molecule has 198 valence electrons. The third kappa shape index (κ3) is 5.28. The zero-order chi connectivity index (χ0) is 26.0. The van der Waals surface area contributed by atoms with E-state index in [0.717, 1.165) is 60.0 Å². The van der Waals surface area contributed by atoms with Crippen LogP contribution in [0, 0.1) is 6.92 Å². The monoisotopic (exact) mass is 531 g/mol. The molecule has 0 atom stereocenters. The summed E-state index contributed by atoms with van der Waals surface area (Å²) in [6.45, 7) is 5.56. The summed E-state index contributed by atoms with van der Waals surface area (Å²) in [5.41, 5.74) is 5.23. The Balaban J connectivity index is 1.07. The van der Waals surface area contributed by atoms with Gasteiger partial charge in [-0.05, 0) is 37.5 Å². The number of benzene rings is 2. The Morgan fingerprint density at radius 2 is 1.82 bits per heavy atom. The van der Waals surface area contributed by atoms with Crippen molar-refractivity contribution in [3.8, 4) is 0 Å². The minimum Gasteiger partial charge on any atom is -0.347 e. The van der Waals surface area contributed by atoms with Gasteiger partial charge in [-0.1, -0.05) is 53.7 Å². The summed E-state index contributed by atoms with van der Waals surface area (Å²) >= 11 is 1.61. The van der Waals surface area contributed by atoms with E-state index in [-0.39, 0.29) is 5.91 Å². The Bertz CT molecular complexity index is 1420. The number of carbonyl (C=O) groups excluding carboxylic acids is 1. The number of rotatable bonds is 8. The molecule has 1 spiro atoms. The van der Waals surface area contributed by atoms with Crippen molar-refractivity contribution >= 4 is 39.7 Å². The van der Waals surface area contributed by atoms with Gasteiger partial charge >= 0.3 is 0 Å². The summed E-state index contributed by atoms with van der Waals surface area (Å²) in [4.78, 5) is 19.6. The first kappa shape index (κ1) is 25.3. The minimum atomic E-state index is -0.436. The van der Waals surface area contributed by atoms with Gasteiger partial charge in [0.2, 0.25) is 11.1 Å². The lowest BCUT2D eigenvalue weighted by atomic mass is 10.0. The van der Waals surface area contributed by atoms with Crippen molar-refractivity contribution in [3.63, 3.8) is 0 Å². The number of hydrogen-bond acceptors (Lipinski definition) is 7. The smallest absolute Gasteiger partial charge is 0.222 e. The average Bonchev–Trinajstić information content (AvgIpc) is 3.51. The van der Waals surface area contributed by atoms with Gasteiger partial charge < -0.3 is 18.9 Å². The van der Waals surface area contributed by atoms with Crippen LogP contribution in [-0.4, -0.2) is 68.4 Å². The summed E-state index contributed by atoms with van der Waals surface area (Å²) < 4.78 is 13.8. The van der Waals surface area contributed by atoms with Crippen LogP contribution in [0.15, 0.2) is 53.7 Å². The lowest BCUT2D eigenvalue weighted by Gasteiger charge is -2.37. The fourth-order valence-corrected chi connectivity index (χ4v) is 6.21. The van der Waals surface area contributed by atoms with E-state index >= 15 is 0 Å². The third-order valence-corrected chi connectivity index (χ3v) is 8.42. The highest BCUT2D eigenvalue weighted by Gasteiger charge is 2.40. The van der Waals surface area contributed by atoms with Gasteiger partial charge in [0.15, 0.2) is 11.4 Å². The molecule has 0 unspecified atom stereocenters. The molecule has 2 aliphatic rings. The summed E-state index contributed by atoms with van der Waals surface area (Å²) in [7, 11) is 0. The molecule has 2 aliphatic heterocycles. The quantitative estimate of drug-likeness (QED) is 0.235. The highest BCUT2D eigenvalue weighted by molar-refractivity contribution is 7.99. The van der Waals surface area contributed by atoms with E-state index in [1.54, 1.807) is 11.8 Å². The molecule has 9 heteroatoms. The van der Waals surface area contributed by atoms with Crippen molar-refractivity contribution in [2.45, 2.75) is 56.5 Å². The SMILES string of the molecule is Cc1ccc2c(c1)c1nnc(SCCCCC(=O)N3CCC4(CC3)OCCO4)nc1n2Cc1ccccc1. The van der Waals surface area contributed by atoms with E-state index in [1.165, 1.54) is 11.1 Å². The number of aromatic nitrogens is 4. The maximum Gasteiger partial charge on any atom is 0.222 e. The van der Waals surface area contributed by atoms with Crippen LogP contribution in [0.4, 0.5) is 0 Å². The van der Waals surface area contributed by atoms with Crippen LogP contribution >= 0.6 is 11.8 Å². The fraction of sp³-hybridized carbons (Fsp3) is 0.448. The van der Waals surface area contributed by atoms with Crippen LogP contribution in [0.3, 0.4) is 0 Å². The second-order valence-corrected chi connectivity index (χ2v) is 11.2. The number of fused-ring (bicyclic) bond motifs is 3. The molecule has 1 amide bonds. The second kappa shape index (κ2) is 11.0. The normalized spacial score (nSPS) is 17.1. The van der Waals surface area contributed by atoms with Gasteiger partial charge in [-0.3, -0.25) is 4.79 Å². The number of aryl methyl sites for hydroxylation is 1. The molecule has 0 radical (unpaired) electrons. The number of piperidine rings is 1. The highest BCUT2D eigenvalue weighted by Crippen LogP contribution is 2.32. The Labute approximate surface area is 226 Å². The highest BCUT2D eigenvalue weighted by atomic mass is 32.2. The predicted octanol–water partition coefficient (Wildman–Crippen LogP) is 4.96. The van der Waals surface area contributed by atoms with E-state index in [9.17, 15) is 4.79 Å². The van der Waals surface area contributed by atoms with Crippen molar-refractivity contribution in [3.05, 3.63) is 59.7 Å². The predicted molar refractivity (Wildman–Crippen MR) is 148 cm³/mol. The van der Waals surface area contributed by atoms with E-state index in [2.05, 4.69) is 64.2 Å². The van der Waals surface area contributed by atoms with E-state index in [1.807, 2.05) is 11.0 Å². The molecule has 0 bridgehead atoms. The Hall–Kier alpha value is -3.01. The van der Waals surface area contributed by atoms with Crippen molar-refractivity contribution < 1.29 is 14.3 Å². The van der Waals surface area contributed by atoms with Crippen LogP contribution in [0.2, 0.25) is 0 Å². The minimum absolute atomic E-state index is 0.225. The molecule has 38 heavy (non-hydrogen) atoms. The molecular weight excluding hydrogens is 498 g/mol. The number of thioether (sulfide) groups is 1. The number of likely N-dealkylation sites (tertiary alicyclic amines) is 1. The van der Waals surface area contributed by atoms with Gasteiger partial charge in [-0.15, -0.1) is 10.2 Å². The molecule has 2 saturated heterocycles. The molecule has 8 nitrogen and oxygen atoms in total. The first-order chi connectivity index (χ1) is 18.6. The largest absolute Gasteiger partial charge is 0.347 e.